The minimum absolute atomic E-state index is 0.173. The SMILES string of the molecule is CC(C)CCOCCNC1(CC(=O)O)CNC1. The molecule has 0 spiro atoms. The smallest absolute Gasteiger partial charge is 0.305 e. The van der Waals surface area contributed by atoms with Crippen molar-refractivity contribution in [2.45, 2.75) is 32.2 Å². The minimum Gasteiger partial charge on any atom is -0.481 e. The average Bonchev–Trinajstić information content (AvgIpc) is 2.18. The van der Waals surface area contributed by atoms with Gasteiger partial charge in [0.1, 0.15) is 0 Å². The van der Waals surface area contributed by atoms with Gasteiger partial charge in [0.2, 0.25) is 0 Å². The molecule has 0 aromatic carbocycles. The van der Waals surface area contributed by atoms with Crippen LogP contribution in [0.4, 0.5) is 0 Å². The van der Waals surface area contributed by atoms with Gasteiger partial charge in [-0.15, -0.1) is 0 Å². The Bertz CT molecular complexity index is 240. The minimum atomic E-state index is -0.750. The molecule has 0 aromatic rings. The van der Waals surface area contributed by atoms with Crippen molar-refractivity contribution in [3.63, 3.8) is 0 Å². The van der Waals surface area contributed by atoms with E-state index in [1.165, 1.54) is 0 Å². The third-order valence-electron chi connectivity index (χ3n) is 3.00. The average molecular weight is 244 g/mol. The first-order valence-corrected chi connectivity index (χ1v) is 6.29. The van der Waals surface area contributed by atoms with E-state index in [9.17, 15) is 4.79 Å². The Hall–Kier alpha value is -0.650. The van der Waals surface area contributed by atoms with Crippen LogP contribution in [-0.2, 0) is 9.53 Å². The molecule has 100 valence electrons. The third-order valence-corrected chi connectivity index (χ3v) is 3.00. The Morgan fingerprint density at radius 1 is 1.47 bits per heavy atom. The molecule has 0 bridgehead atoms. The van der Waals surface area contributed by atoms with Crippen molar-refractivity contribution < 1.29 is 14.6 Å². The van der Waals surface area contributed by atoms with E-state index in [1.807, 2.05) is 0 Å². The molecule has 1 saturated heterocycles. The lowest BCUT2D eigenvalue weighted by Gasteiger charge is -2.42. The van der Waals surface area contributed by atoms with Crippen molar-refractivity contribution in [1.29, 1.82) is 0 Å². The van der Waals surface area contributed by atoms with Crippen molar-refractivity contribution in [2.24, 2.45) is 5.92 Å². The molecule has 0 aromatic heterocycles. The summed E-state index contributed by atoms with van der Waals surface area (Å²) in [6.07, 6.45) is 1.24. The van der Waals surface area contributed by atoms with Gasteiger partial charge in [-0.1, -0.05) is 13.8 Å². The molecular formula is C12H24N2O3. The maximum absolute atomic E-state index is 10.7. The zero-order chi connectivity index (χ0) is 12.7. The van der Waals surface area contributed by atoms with Crippen LogP contribution < -0.4 is 10.6 Å². The Morgan fingerprint density at radius 2 is 2.18 bits per heavy atom. The van der Waals surface area contributed by atoms with Gasteiger partial charge in [0.05, 0.1) is 18.6 Å². The highest BCUT2D eigenvalue weighted by molar-refractivity contribution is 5.68. The van der Waals surface area contributed by atoms with E-state index in [4.69, 9.17) is 9.84 Å². The predicted octanol–water partition coefficient (Wildman–Crippen LogP) is 0.455. The van der Waals surface area contributed by atoms with Crippen molar-refractivity contribution in [1.82, 2.24) is 10.6 Å². The van der Waals surface area contributed by atoms with Crippen molar-refractivity contribution in [3.8, 4) is 0 Å². The molecule has 1 rings (SSSR count). The summed E-state index contributed by atoms with van der Waals surface area (Å²) in [6.45, 7) is 7.94. The molecule has 1 heterocycles. The standard InChI is InChI=1S/C12H24N2O3/c1-10(2)3-5-17-6-4-14-12(7-11(15)16)8-13-9-12/h10,13-14H,3-9H2,1-2H3,(H,15,16). The maximum atomic E-state index is 10.7. The fraction of sp³-hybridized carbons (Fsp3) is 0.917. The van der Waals surface area contributed by atoms with E-state index >= 15 is 0 Å². The molecule has 0 amide bonds. The van der Waals surface area contributed by atoms with E-state index in [1.54, 1.807) is 0 Å². The molecule has 0 aliphatic carbocycles. The van der Waals surface area contributed by atoms with Crippen LogP contribution in [0, 0.1) is 5.92 Å². The first-order chi connectivity index (χ1) is 8.04. The first-order valence-electron chi connectivity index (χ1n) is 6.29. The summed E-state index contributed by atoms with van der Waals surface area (Å²) in [5.74, 6) is -0.0862. The van der Waals surface area contributed by atoms with Crippen LogP contribution in [0.25, 0.3) is 0 Å². The fourth-order valence-corrected chi connectivity index (χ4v) is 1.84. The van der Waals surface area contributed by atoms with Gasteiger partial charge in [-0.05, 0) is 12.3 Å². The highest BCUT2D eigenvalue weighted by Crippen LogP contribution is 2.15. The summed E-state index contributed by atoms with van der Waals surface area (Å²) in [6, 6.07) is 0. The van der Waals surface area contributed by atoms with E-state index in [0.29, 0.717) is 19.1 Å². The predicted molar refractivity (Wildman–Crippen MR) is 66.1 cm³/mol. The molecule has 1 fully saturated rings. The van der Waals surface area contributed by atoms with Gasteiger partial charge in [0.15, 0.2) is 0 Å². The van der Waals surface area contributed by atoms with Gasteiger partial charge in [-0.25, -0.2) is 0 Å². The lowest BCUT2D eigenvalue weighted by atomic mass is 9.88. The third kappa shape index (κ3) is 5.48. The molecule has 17 heavy (non-hydrogen) atoms. The second-order valence-electron chi connectivity index (χ2n) is 5.18. The van der Waals surface area contributed by atoms with Gasteiger partial charge in [-0.2, -0.15) is 0 Å². The number of hydrogen-bond acceptors (Lipinski definition) is 4. The zero-order valence-corrected chi connectivity index (χ0v) is 10.8. The van der Waals surface area contributed by atoms with Crippen LogP contribution in [0.1, 0.15) is 26.7 Å². The quantitative estimate of drug-likeness (QED) is 0.514. The second kappa shape index (κ2) is 6.93. The fourth-order valence-electron chi connectivity index (χ4n) is 1.84. The van der Waals surface area contributed by atoms with E-state index in [-0.39, 0.29) is 12.0 Å². The van der Waals surface area contributed by atoms with Crippen molar-refractivity contribution in [3.05, 3.63) is 0 Å². The van der Waals surface area contributed by atoms with Gasteiger partial charge in [0, 0.05) is 26.2 Å². The molecule has 3 N–H and O–H groups in total. The zero-order valence-electron chi connectivity index (χ0n) is 10.8. The number of carbonyl (C=O) groups is 1. The summed E-state index contributed by atoms with van der Waals surface area (Å²) < 4.78 is 5.48. The largest absolute Gasteiger partial charge is 0.481 e. The number of ether oxygens (including phenoxy) is 1. The molecule has 1 aliphatic heterocycles. The van der Waals surface area contributed by atoms with Gasteiger partial charge in [-0.3, -0.25) is 4.79 Å². The summed E-state index contributed by atoms with van der Waals surface area (Å²) in [4.78, 5) is 10.7. The number of rotatable bonds is 9. The molecule has 0 saturated carbocycles. The first kappa shape index (κ1) is 14.4. The van der Waals surface area contributed by atoms with Crippen molar-refractivity contribution in [2.75, 3.05) is 32.8 Å². The topological polar surface area (TPSA) is 70.6 Å². The van der Waals surface area contributed by atoms with Crippen LogP contribution in [0.15, 0.2) is 0 Å². The summed E-state index contributed by atoms with van der Waals surface area (Å²) in [7, 11) is 0. The molecule has 5 nitrogen and oxygen atoms in total. The molecule has 0 atom stereocenters. The highest BCUT2D eigenvalue weighted by atomic mass is 16.5. The van der Waals surface area contributed by atoms with Gasteiger partial charge >= 0.3 is 5.97 Å². The number of nitrogens with one attached hydrogen (secondary N) is 2. The number of carboxylic acids is 1. The summed E-state index contributed by atoms with van der Waals surface area (Å²) >= 11 is 0. The Morgan fingerprint density at radius 3 is 2.65 bits per heavy atom. The lowest BCUT2D eigenvalue weighted by Crippen LogP contribution is -2.68. The second-order valence-corrected chi connectivity index (χ2v) is 5.18. The summed E-state index contributed by atoms with van der Waals surface area (Å²) in [5, 5.41) is 15.2. The number of aliphatic carboxylic acids is 1. The molecule has 0 radical (unpaired) electrons. The maximum Gasteiger partial charge on any atom is 0.305 e. The van der Waals surface area contributed by atoms with Crippen LogP contribution in [0.5, 0.6) is 0 Å². The normalized spacial score (nSPS) is 18.1. The Kier molecular flexibility index (Phi) is 5.88. The highest BCUT2D eigenvalue weighted by Gasteiger charge is 2.38. The van der Waals surface area contributed by atoms with Crippen molar-refractivity contribution >= 4 is 5.97 Å². The van der Waals surface area contributed by atoms with Gasteiger partial charge < -0.3 is 20.5 Å². The monoisotopic (exact) mass is 244 g/mol. The number of carboxylic acid groups (broad SMARTS) is 1. The Balaban J connectivity index is 2.06. The van der Waals surface area contributed by atoms with Crippen LogP contribution in [0.2, 0.25) is 0 Å². The van der Waals surface area contributed by atoms with Crippen LogP contribution in [-0.4, -0.2) is 49.5 Å². The molecule has 1 aliphatic rings. The molecule has 5 heteroatoms. The van der Waals surface area contributed by atoms with E-state index in [0.717, 1.165) is 26.1 Å². The lowest BCUT2D eigenvalue weighted by molar-refractivity contribution is -0.139. The molecule has 0 unspecified atom stereocenters. The van der Waals surface area contributed by atoms with Crippen LogP contribution >= 0.6 is 0 Å². The summed E-state index contributed by atoms with van der Waals surface area (Å²) in [5.41, 5.74) is -0.257. The Labute approximate surface area is 103 Å². The van der Waals surface area contributed by atoms with E-state index in [2.05, 4.69) is 24.5 Å². The number of hydrogen-bond donors (Lipinski definition) is 3. The molecular weight excluding hydrogens is 220 g/mol. The van der Waals surface area contributed by atoms with Crippen LogP contribution in [0.3, 0.4) is 0 Å². The van der Waals surface area contributed by atoms with E-state index < -0.39 is 5.97 Å². The van der Waals surface area contributed by atoms with Gasteiger partial charge in [0.25, 0.3) is 0 Å².